The maximum Gasteiger partial charge on any atom is 0.335 e. The van der Waals surface area contributed by atoms with Gasteiger partial charge in [-0.2, -0.15) is 0 Å². The molecule has 3 rings (SSSR count). The molecule has 1 amide bonds. The van der Waals surface area contributed by atoms with Crippen LogP contribution in [0.3, 0.4) is 0 Å². The number of anilines is 1. The van der Waals surface area contributed by atoms with Gasteiger partial charge in [-0.15, -0.1) is 0 Å². The molecule has 1 heterocycles. The van der Waals surface area contributed by atoms with Gasteiger partial charge >= 0.3 is 5.97 Å². The number of nitrogens with zero attached hydrogens (tertiary/aromatic N) is 1. The van der Waals surface area contributed by atoms with Crippen LogP contribution in [0.2, 0.25) is 0 Å². The highest BCUT2D eigenvalue weighted by molar-refractivity contribution is 5.95. The van der Waals surface area contributed by atoms with Gasteiger partial charge in [0.2, 0.25) is 5.91 Å². The molecule has 0 unspecified atom stereocenters. The van der Waals surface area contributed by atoms with E-state index >= 15 is 0 Å². The number of aromatic carboxylic acids is 1. The minimum absolute atomic E-state index is 0.175. The fraction of sp³-hybridized carbons (Fsp3) is 0.176. The minimum Gasteiger partial charge on any atom is -0.478 e. The first kappa shape index (κ1) is 13.4. The molecule has 1 N–H and O–H groups in total. The number of carbonyl (C=O) groups is 2. The first-order valence-corrected chi connectivity index (χ1v) is 6.89. The van der Waals surface area contributed by atoms with Crippen LogP contribution in [0.4, 0.5) is 5.69 Å². The van der Waals surface area contributed by atoms with Gasteiger partial charge < -0.3 is 10.0 Å². The molecule has 2 aromatic carbocycles. The molecule has 0 radical (unpaired) electrons. The second kappa shape index (κ2) is 5.40. The molecule has 1 fully saturated rings. The predicted molar refractivity (Wildman–Crippen MR) is 80.4 cm³/mol. The van der Waals surface area contributed by atoms with Crippen LogP contribution < -0.4 is 4.90 Å². The van der Waals surface area contributed by atoms with Gasteiger partial charge in [0.25, 0.3) is 0 Å². The van der Waals surface area contributed by atoms with E-state index in [0.717, 1.165) is 29.8 Å². The molecule has 0 atom stereocenters. The van der Waals surface area contributed by atoms with Gasteiger partial charge in [0.05, 0.1) is 5.56 Å². The molecule has 1 aliphatic rings. The van der Waals surface area contributed by atoms with Gasteiger partial charge in [-0.1, -0.05) is 24.3 Å². The van der Waals surface area contributed by atoms with Gasteiger partial charge in [-0.25, -0.2) is 4.79 Å². The first-order valence-electron chi connectivity index (χ1n) is 6.89. The summed E-state index contributed by atoms with van der Waals surface area (Å²) in [5.74, 6) is -0.752. The molecule has 0 spiro atoms. The number of amides is 1. The Hall–Kier alpha value is -2.62. The van der Waals surface area contributed by atoms with E-state index in [9.17, 15) is 9.59 Å². The molecule has 2 aromatic rings. The lowest BCUT2D eigenvalue weighted by Gasteiger charge is -2.16. The fourth-order valence-electron chi connectivity index (χ4n) is 2.56. The highest BCUT2D eigenvalue weighted by atomic mass is 16.4. The zero-order chi connectivity index (χ0) is 14.8. The lowest BCUT2D eigenvalue weighted by Crippen LogP contribution is -2.23. The summed E-state index contributed by atoms with van der Waals surface area (Å²) >= 11 is 0. The summed E-state index contributed by atoms with van der Waals surface area (Å²) < 4.78 is 0. The summed E-state index contributed by atoms with van der Waals surface area (Å²) in [5.41, 5.74) is 3.16. The Morgan fingerprint density at radius 3 is 2.00 bits per heavy atom. The van der Waals surface area contributed by atoms with Crippen LogP contribution in [0.5, 0.6) is 0 Å². The van der Waals surface area contributed by atoms with E-state index in [1.165, 1.54) is 0 Å². The van der Waals surface area contributed by atoms with Gasteiger partial charge in [0, 0.05) is 18.7 Å². The number of hydrogen-bond acceptors (Lipinski definition) is 2. The summed E-state index contributed by atoms with van der Waals surface area (Å²) in [4.78, 5) is 24.3. The highest BCUT2D eigenvalue weighted by Crippen LogP contribution is 2.26. The van der Waals surface area contributed by atoms with Crippen molar-refractivity contribution in [1.29, 1.82) is 0 Å². The van der Waals surface area contributed by atoms with Crippen LogP contribution in [0.1, 0.15) is 23.2 Å². The lowest BCUT2D eigenvalue weighted by molar-refractivity contribution is -0.117. The topological polar surface area (TPSA) is 57.6 Å². The molecule has 0 aliphatic carbocycles. The molecule has 4 heteroatoms. The molecular weight excluding hydrogens is 266 g/mol. The molecular formula is C17H15NO3. The third-order valence-corrected chi connectivity index (χ3v) is 3.72. The van der Waals surface area contributed by atoms with Crippen molar-refractivity contribution in [3.8, 4) is 11.1 Å². The Bertz CT molecular complexity index is 674. The second-order valence-electron chi connectivity index (χ2n) is 5.08. The molecule has 0 aromatic heterocycles. The van der Waals surface area contributed by atoms with E-state index in [-0.39, 0.29) is 11.5 Å². The fourth-order valence-corrected chi connectivity index (χ4v) is 2.56. The van der Waals surface area contributed by atoms with Gasteiger partial charge in [0.15, 0.2) is 0 Å². The van der Waals surface area contributed by atoms with Gasteiger partial charge in [-0.05, 0) is 41.8 Å². The second-order valence-corrected chi connectivity index (χ2v) is 5.08. The van der Waals surface area contributed by atoms with Gasteiger partial charge in [-0.3, -0.25) is 4.79 Å². The molecule has 0 saturated carbocycles. The Labute approximate surface area is 122 Å². The zero-order valence-electron chi connectivity index (χ0n) is 11.5. The number of carboxylic acids is 1. The van der Waals surface area contributed by atoms with Crippen molar-refractivity contribution in [3.63, 3.8) is 0 Å². The quantitative estimate of drug-likeness (QED) is 0.940. The number of carboxylic acid groups (broad SMARTS) is 1. The summed E-state index contributed by atoms with van der Waals surface area (Å²) in [6.07, 6.45) is 1.54. The Kier molecular flexibility index (Phi) is 3.44. The van der Waals surface area contributed by atoms with Crippen LogP contribution in [0, 0.1) is 0 Å². The van der Waals surface area contributed by atoms with E-state index in [4.69, 9.17) is 5.11 Å². The average Bonchev–Trinajstić information content (AvgIpc) is 2.94. The monoisotopic (exact) mass is 281 g/mol. The number of hydrogen-bond donors (Lipinski definition) is 1. The number of benzene rings is 2. The number of rotatable bonds is 3. The van der Waals surface area contributed by atoms with Crippen molar-refractivity contribution in [2.45, 2.75) is 12.8 Å². The lowest BCUT2D eigenvalue weighted by atomic mass is 10.0. The van der Waals surface area contributed by atoms with Crippen LogP contribution in [-0.4, -0.2) is 23.5 Å². The third kappa shape index (κ3) is 2.65. The van der Waals surface area contributed by atoms with E-state index in [1.54, 1.807) is 29.2 Å². The standard InChI is InChI=1S/C17H15NO3/c19-16-2-1-11-18(16)15-9-7-13(8-10-15)12-3-5-14(6-4-12)17(20)21/h3-10H,1-2,11H2,(H,20,21). The van der Waals surface area contributed by atoms with Crippen LogP contribution in [0.15, 0.2) is 48.5 Å². The minimum atomic E-state index is -0.926. The van der Waals surface area contributed by atoms with Crippen molar-refractivity contribution in [2.75, 3.05) is 11.4 Å². The zero-order valence-corrected chi connectivity index (χ0v) is 11.5. The molecule has 1 aliphatic heterocycles. The highest BCUT2D eigenvalue weighted by Gasteiger charge is 2.21. The third-order valence-electron chi connectivity index (χ3n) is 3.72. The predicted octanol–water partition coefficient (Wildman–Crippen LogP) is 3.18. The molecule has 21 heavy (non-hydrogen) atoms. The summed E-state index contributed by atoms with van der Waals surface area (Å²) in [7, 11) is 0. The van der Waals surface area contributed by atoms with Crippen LogP contribution in [0.25, 0.3) is 11.1 Å². The summed E-state index contributed by atoms with van der Waals surface area (Å²) in [6, 6.07) is 14.5. The SMILES string of the molecule is O=C(O)c1ccc(-c2ccc(N3CCCC3=O)cc2)cc1. The Morgan fingerprint density at radius 2 is 1.52 bits per heavy atom. The van der Waals surface area contributed by atoms with Crippen molar-refractivity contribution < 1.29 is 14.7 Å². The van der Waals surface area contributed by atoms with E-state index < -0.39 is 5.97 Å². The largest absolute Gasteiger partial charge is 0.478 e. The van der Waals surface area contributed by atoms with E-state index in [1.807, 2.05) is 24.3 Å². The molecule has 4 nitrogen and oxygen atoms in total. The van der Waals surface area contributed by atoms with Crippen LogP contribution in [-0.2, 0) is 4.79 Å². The first-order chi connectivity index (χ1) is 10.1. The molecule has 0 bridgehead atoms. The van der Waals surface area contributed by atoms with E-state index in [2.05, 4.69) is 0 Å². The smallest absolute Gasteiger partial charge is 0.335 e. The maximum absolute atomic E-state index is 11.7. The summed E-state index contributed by atoms with van der Waals surface area (Å²) in [5, 5.41) is 8.89. The van der Waals surface area contributed by atoms with Crippen molar-refractivity contribution in [1.82, 2.24) is 0 Å². The molecule has 1 saturated heterocycles. The van der Waals surface area contributed by atoms with Crippen molar-refractivity contribution >= 4 is 17.6 Å². The average molecular weight is 281 g/mol. The van der Waals surface area contributed by atoms with Crippen molar-refractivity contribution in [2.24, 2.45) is 0 Å². The molecule has 106 valence electrons. The van der Waals surface area contributed by atoms with E-state index in [0.29, 0.717) is 6.42 Å². The number of carbonyl (C=O) groups excluding carboxylic acids is 1. The normalized spacial score (nSPS) is 14.5. The maximum atomic E-state index is 11.7. The Morgan fingerprint density at radius 1 is 0.952 bits per heavy atom. The Balaban J connectivity index is 1.83. The summed E-state index contributed by atoms with van der Waals surface area (Å²) in [6.45, 7) is 0.783. The van der Waals surface area contributed by atoms with Gasteiger partial charge in [0.1, 0.15) is 0 Å². The van der Waals surface area contributed by atoms with Crippen molar-refractivity contribution in [3.05, 3.63) is 54.1 Å². The van der Waals surface area contributed by atoms with Crippen LogP contribution >= 0.6 is 0 Å².